The van der Waals surface area contributed by atoms with Gasteiger partial charge in [0.05, 0.1) is 18.8 Å². The molecule has 3 heteroatoms. The number of aryl methyl sites for hydroxylation is 2. The van der Waals surface area contributed by atoms with Crippen molar-refractivity contribution < 1.29 is 14.6 Å². The molecular weight excluding hydrogens is 240 g/mol. The molecule has 0 radical (unpaired) electrons. The summed E-state index contributed by atoms with van der Waals surface area (Å²) in [5.74, 6) is 0.874. The fourth-order valence-corrected chi connectivity index (χ4v) is 2.92. The zero-order valence-corrected chi connectivity index (χ0v) is 12.3. The standard InChI is InChI=1S/C16H24O3/c1-11-9-15(18-3)12(2)8-13(11)14(17)10-16(19-4)6-5-7-16/h8-9,14,17H,5-7,10H2,1-4H3. The Morgan fingerprint density at radius 3 is 2.37 bits per heavy atom. The van der Waals surface area contributed by atoms with Crippen molar-refractivity contribution in [2.45, 2.75) is 51.2 Å². The van der Waals surface area contributed by atoms with Crippen LogP contribution >= 0.6 is 0 Å². The van der Waals surface area contributed by atoms with Crippen LogP contribution in [0.3, 0.4) is 0 Å². The smallest absolute Gasteiger partial charge is 0.122 e. The van der Waals surface area contributed by atoms with E-state index in [1.165, 1.54) is 6.42 Å². The molecule has 1 fully saturated rings. The predicted octanol–water partition coefficient (Wildman–Crippen LogP) is 3.30. The van der Waals surface area contributed by atoms with Gasteiger partial charge in [-0.15, -0.1) is 0 Å². The number of rotatable bonds is 5. The number of ether oxygens (including phenoxy) is 2. The Morgan fingerprint density at radius 2 is 1.89 bits per heavy atom. The van der Waals surface area contributed by atoms with E-state index in [0.29, 0.717) is 6.42 Å². The molecule has 1 aliphatic carbocycles. The average Bonchev–Trinajstić information content (AvgIpc) is 2.35. The highest BCUT2D eigenvalue weighted by Crippen LogP contribution is 2.42. The molecular formula is C16H24O3. The molecule has 19 heavy (non-hydrogen) atoms. The first-order chi connectivity index (χ1) is 9.01. The van der Waals surface area contributed by atoms with Crippen LogP contribution in [-0.2, 0) is 4.74 Å². The third-order valence-corrected chi connectivity index (χ3v) is 4.41. The lowest BCUT2D eigenvalue weighted by molar-refractivity contribution is -0.0999. The molecule has 0 saturated heterocycles. The van der Waals surface area contributed by atoms with Crippen LogP contribution in [0.15, 0.2) is 12.1 Å². The highest BCUT2D eigenvalue weighted by molar-refractivity contribution is 5.42. The number of methoxy groups -OCH3 is 2. The number of aliphatic hydroxyl groups is 1. The van der Waals surface area contributed by atoms with Crippen molar-refractivity contribution in [3.05, 3.63) is 28.8 Å². The van der Waals surface area contributed by atoms with Gasteiger partial charge in [-0.2, -0.15) is 0 Å². The first kappa shape index (κ1) is 14.4. The Balaban J connectivity index is 2.19. The van der Waals surface area contributed by atoms with Crippen LogP contribution in [0.2, 0.25) is 0 Å². The minimum atomic E-state index is -0.468. The van der Waals surface area contributed by atoms with Crippen molar-refractivity contribution in [1.29, 1.82) is 0 Å². The van der Waals surface area contributed by atoms with E-state index in [2.05, 4.69) is 0 Å². The van der Waals surface area contributed by atoms with Crippen LogP contribution in [0.4, 0.5) is 0 Å². The first-order valence-electron chi connectivity index (χ1n) is 6.90. The van der Waals surface area contributed by atoms with Crippen LogP contribution in [-0.4, -0.2) is 24.9 Å². The van der Waals surface area contributed by atoms with Gasteiger partial charge in [0, 0.05) is 13.5 Å². The maximum Gasteiger partial charge on any atom is 0.122 e. The van der Waals surface area contributed by atoms with Gasteiger partial charge in [0.2, 0.25) is 0 Å². The summed E-state index contributed by atoms with van der Waals surface area (Å²) in [6.45, 7) is 4.02. The van der Waals surface area contributed by atoms with Gasteiger partial charge in [-0.3, -0.25) is 0 Å². The number of hydrogen-bond acceptors (Lipinski definition) is 3. The summed E-state index contributed by atoms with van der Waals surface area (Å²) in [6, 6.07) is 4.02. The molecule has 0 aromatic heterocycles. The summed E-state index contributed by atoms with van der Waals surface area (Å²) in [4.78, 5) is 0. The third kappa shape index (κ3) is 2.77. The Morgan fingerprint density at radius 1 is 1.21 bits per heavy atom. The molecule has 0 spiro atoms. The lowest BCUT2D eigenvalue weighted by atomic mass is 9.75. The Labute approximate surface area is 115 Å². The summed E-state index contributed by atoms with van der Waals surface area (Å²) in [5, 5.41) is 10.5. The molecule has 1 saturated carbocycles. The van der Waals surface area contributed by atoms with Gasteiger partial charge in [0.1, 0.15) is 5.75 Å². The molecule has 1 aromatic carbocycles. The first-order valence-corrected chi connectivity index (χ1v) is 6.90. The minimum Gasteiger partial charge on any atom is -0.496 e. The van der Waals surface area contributed by atoms with Crippen molar-refractivity contribution >= 4 is 0 Å². The lowest BCUT2D eigenvalue weighted by Gasteiger charge is -2.42. The summed E-state index contributed by atoms with van der Waals surface area (Å²) >= 11 is 0. The third-order valence-electron chi connectivity index (χ3n) is 4.41. The average molecular weight is 264 g/mol. The second-order valence-electron chi connectivity index (χ2n) is 5.64. The molecule has 1 unspecified atom stereocenters. The van der Waals surface area contributed by atoms with E-state index in [1.54, 1.807) is 14.2 Å². The molecule has 0 heterocycles. The predicted molar refractivity (Wildman–Crippen MR) is 75.6 cm³/mol. The summed E-state index contributed by atoms with van der Waals surface area (Å²) in [5.41, 5.74) is 3.00. The maximum atomic E-state index is 10.5. The van der Waals surface area contributed by atoms with Crippen LogP contribution in [0.25, 0.3) is 0 Å². The van der Waals surface area contributed by atoms with Crippen molar-refractivity contribution in [2.24, 2.45) is 0 Å². The molecule has 106 valence electrons. The molecule has 1 atom stereocenters. The fraction of sp³-hybridized carbons (Fsp3) is 0.625. The van der Waals surface area contributed by atoms with E-state index in [4.69, 9.17) is 9.47 Å². The van der Waals surface area contributed by atoms with Crippen LogP contribution in [0.1, 0.15) is 48.5 Å². The number of aliphatic hydroxyl groups excluding tert-OH is 1. The monoisotopic (exact) mass is 264 g/mol. The van der Waals surface area contributed by atoms with E-state index in [1.807, 2.05) is 26.0 Å². The minimum absolute atomic E-state index is 0.111. The van der Waals surface area contributed by atoms with Gasteiger partial charge < -0.3 is 14.6 Å². The Hall–Kier alpha value is -1.06. The highest BCUT2D eigenvalue weighted by Gasteiger charge is 2.39. The Bertz CT molecular complexity index is 444. The highest BCUT2D eigenvalue weighted by atomic mass is 16.5. The molecule has 1 aromatic rings. The molecule has 1 aliphatic rings. The fourth-order valence-electron chi connectivity index (χ4n) is 2.92. The second kappa shape index (κ2) is 5.51. The largest absolute Gasteiger partial charge is 0.496 e. The van der Waals surface area contributed by atoms with Crippen molar-refractivity contribution in [2.75, 3.05) is 14.2 Å². The summed E-state index contributed by atoms with van der Waals surface area (Å²) in [6.07, 6.45) is 3.51. The zero-order valence-electron chi connectivity index (χ0n) is 12.3. The summed E-state index contributed by atoms with van der Waals surface area (Å²) < 4.78 is 10.9. The van der Waals surface area contributed by atoms with Crippen molar-refractivity contribution in [3.8, 4) is 5.75 Å². The molecule has 0 bridgehead atoms. The van der Waals surface area contributed by atoms with Gasteiger partial charge in [-0.1, -0.05) is 0 Å². The zero-order chi connectivity index (χ0) is 14.0. The van der Waals surface area contributed by atoms with Crippen molar-refractivity contribution in [1.82, 2.24) is 0 Å². The van der Waals surface area contributed by atoms with Gasteiger partial charge in [-0.05, 0) is 61.9 Å². The van der Waals surface area contributed by atoms with Gasteiger partial charge in [-0.25, -0.2) is 0 Å². The molecule has 0 amide bonds. The molecule has 0 aliphatic heterocycles. The van der Waals surface area contributed by atoms with Crippen LogP contribution in [0.5, 0.6) is 5.75 Å². The topological polar surface area (TPSA) is 38.7 Å². The van der Waals surface area contributed by atoms with Gasteiger partial charge in [0.15, 0.2) is 0 Å². The SMILES string of the molecule is COc1cc(C)c(C(O)CC2(OC)CCC2)cc1C. The molecule has 1 N–H and O–H groups in total. The van der Waals surface area contributed by atoms with E-state index in [0.717, 1.165) is 35.3 Å². The lowest BCUT2D eigenvalue weighted by Crippen LogP contribution is -2.40. The summed E-state index contributed by atoms with van der Waals surface area (Å²) in [7, 11) is 3.42. The van der Waals surface area contributed by atoms with Crippen LogP contribution in [0, 0.1) is 13.8 Å². The van der Waals surface area contributed by atoms with E-state index in [9.17, 15) is 5.11 Å². The quantitative estimate of drug-likeness (QED) is 0.886. The maximum absolute atomic E-state index is 10.5. The number of benzene rings is 1. The number of hydrogen-bond donors (Lipinski definition) is 1. The van der Waals surface area contributed by atoms with Gasteiger partial charge >= 0.3 is 0 Å². The molecule has 3 nitrogen and oxygen atoms in total. The van der Waals surface area contributed by atoms with Gasteiger partial charge in [0.25, 0.3) is 0 Å². The van der Waals surface area contributed by atoms with E-state index < -0.39 is 6.10 Å². The Kier molecular flexibility index (Phi) is 4.16. The van der Waals surface area contributed by atoms with E-state index in [-0.39, 0.29) is 5.60 Å². The normalized spacial score (nSPS) is 18.8. The second-order valence-corrected chi connectivity index (χ2v) is 5.64. The molecule has 2 rings (SSSR count). The van der Waals surface area contributed by atoms with Crippen LogP contribution < -0.4 is 4.74 Å². The van der Waals surface area contributed by atoms with Crippen molar-refractivity contribution in [3.63, 3.8) is 0 Å². The van der Waals surface area contributed by atoms with E-state index >= 15 is 0 Å².